The van der Waals surface area contributed by atoms with E-state index < -0.39 is 24.3 Å². The Bertz CT molecular complexity index is 2280. The van der Waals surface area contributed by atoms with Gasteiger partial charge in [0.25, 0.3) is 0 Å². The molecule has 8 rings (SSSR count). The third kappa shape index (κ3) is 7.38. The van der Waals surface area contributed by atoms with Crippen LogP contribution in [0.2, 0.25) is 0 Å². The lowest BCUT2D eigenvalue weighted by Crippen LogP contribution is -2.53. The number of nitrogens with zero attached hydrogens (tertiary/aromatic N) is 4. The summed E-state index contributed by atoms with van der Waals surface area (Å²) in [6, 6.07) is 19.1. The molecule has 0 aliphatic carbocycles. The molecule has 0 bridgehead atoms. The number of aromatic nitrogens is 2. The van der Waals surface area contributed by atoms with Gasteiger partial charge >= 0.3 is 12.2 Å². The Kier molecular flexibility index (Phi) is 10.6. The van der Waals surface area contributed by atoms with Gasteiger partial charge in [0.1, 0.15) is 17.9 Å². The Labute approximate surface area is 331 Å². The Hall–Kier alpha value is -5.98. The van der Waals surface area contributed by atoms with Crippen LogP contribution in [0.5, 0.6) is 0 Å². The summed E-state index contributed by atoms with van der Waals surface area (Å²) in [6.07, 6.45) is 6.88. The molecule has 13 heteroatoms. The summed E-state index contributed by atoms with van der Waals surface area (Å²) in [5, 5.41) is 5.47. The quantitative estimate of drug-likeness (QED) is 0.176. The van der Waals surface area contributed by atoms with Crippen molar-refractivity contribution in [2.45, 2.75) is 89.4 Å². The van der Waals surface area contributed by atoms with Crippen molar-refractivity contribution in [1.29, 1.82) is 0 Å². The Morgan fingerprint density at radius 3 is 2.39 bits per heavy atom. The molecule has 4 aromatic rings. The topological polar surface area (TPSA) is 158 Å². The maximum Gasteiger partial charge on any atom is 0.407 e. The normalized spacial score (nSPS) is 21.0. The number of allylic oxidation sites excluding steroid dienone is 1. The zero-order chi connectivity index (χ0) is 39.8. The highest BCUT2D eigenvalue weighted by molar-refractivity contribution is 6.03. The average molecular weight is 772 g/mol. The lowest BCUT2D eigenvalue weighted by atomic mass is 9.96. The van der Waals surface area contributed by atoms with Gasteiger partial charge in [0.2, 0.25) is 11.8 Å². The molecular formula is C44H49N7O6. The van der Waals surface area contributed by atoms with Crippen LogP contribution in [0.25, 0.3) is 27.7 Å². The van der Waals surface area contributed by atoms with Crippen LogP contribution in [0, 0.1) is 5.92 Å². The fourth-order valence-corrected chi connectivity index (χ4v) is 8.90. The van der Waals surface area contributed by atoms with Crippen molar-refractivity contribution in [2.75, 3.05) is 25.7 Å². The lowest BCUT2D eigenvalue weighted by molar-refractivity contribution is -0.134. The molecule has 4 atom stereocenters. The number of aryl methyl sites for hydroxylation is 1. The van der Waals surface area contributed by atoms with E-state index in [0.717, 1.165) is 87.9 Å². The minimum atomic E-state index is -0.700. The summed E-state index contributed by atoms with van der Waals surface area (Å²) in [5.74, 6) is 0.365. The van der Waals surface area contributed by atoms with E-state index in [1.165, 1.54) is 14.2 Å². The van der Waals surface area contributed by atoms with Crippen LogP contribution < -0.4 is 15.5 Å². The minimum Gasteiger partial charge on any atom is -0.453 e. The van der Waals surface area contributed by atoms with Gasteiger partial charge in [0.15, 0.2) is 0 Å². The Morgan fingerprint density at radius 1 is 0.860 bits per heavy atom. The van der Waals surface area contributed by atoms with Gasteiger partial charge in [0.05, 0.1) is 43.0 Å². The molecule has 0 spiro atoms. The van der Waals surface area contributed by atoms with Gasteiger partial charge in [-0.15, -0.1) is 0 Å². The molecule has 4 unspecified atom stereocenters. The zero-order valence-corrected chi connectivity index (χ0v) is 32.8. The minimum absolute atomic E-state index is 0.0825. The second-order valence-corrected chi connectivity index (χ2v) is 15.7. The van der Waals surface area contributed by atoms with Crippen LogP contribution >= 0.6 is 0 Å². The number of carbonyl (C=O) groups is 4. The number of methoxy groups -OCH3 is 2. The number of hydrogen-bond donors (Lipinski definition) is 3. The standard InChI is InChI=1S/C44H49N7O6/c1-25(2)38(49-44(55)57-4)42(53)50-21-7-12-36(50)33-11-6-10-31(24-45-33)27-15-13-26(14-16-27)29-18-19-32-35(22-29)47-40(46-32)37-23-30-9-5-8-28-17-20-34(48-43(54)56-3)41(52)51(37)39(28)30/h5,8-9,13-16,18-19,22,24-25,34,36-38H,6-7,10-12,17,20-21,23H2,1-4H3,(H,46,47)(H,48,54)(H,49,55). The van der Waals surface area contributed by atoms with Crippen LogP contribution in [0.3, 0.4) is 0 Å². The van der Waals surface area contributed by atoms with Crippen molar-refractivity contribution in [2.24, 2.45) is 10.9 Å². The molecule has 1 fully saturated rings. The number of aliphatic imine (C=N–C) groups is 1. The number of anilines is 1. The number of aromatic amines is 1. The van der Waals surface area contributed by atoms with Gasteiger partial charge < -0.3 is 30.0 Å². The number of rotatable bonds is 8. The highest BCUT2D eigenvalue weighted by Crippen LogP contribution is 2.45. The van der Waals surface area contributed by atoms with E-state index in [-0.39, 0.29) is 29.8 Å². The third-order valence-corrected chi connectivity index (χ3v) is 11.9. The van der Waals surface area contributed by atoms with Gasteiger partial charge in [-0.2, -0.15) is 0 Å². The Morgan fingerprint density at radius 2 is 1.61 bits per heavy atom. The highest BCUT2D eigenvalue weighted by atomic mass is 16.5. The molecule has 0 radical (unpaired) electrons. The van der Waals surface area contributed by atoms with E-state index in [2.05, 4.69) is 64.1 Å². The number of alkyl carbamates (subject to hydrolysis) is 2. The van der Waals surface area contributed by atoms with E-state index in [9.17, 15) is 19.2 Å². The summed E-state index contributed by atoms with van der Waals surface area (Å²) < 4.78 is 9.61. The number of likely N-dealkylation sites (tertiary alicyclic amines) is 1. The van der Waals surface area contributed by atoms with E-state index in [1.807, 2.05) is 42.0 Å². The molecule has 4 amide bonds. The molecule has 296 valence electrons. The number of fused-ring (bicyclic) bond motifs is 1. The SMILES string of the molecule is COC(=O)NC1CCc2cccc3c2N(C1=O)C(c1nc2ccc(-c4ccc(C5=CN=C(C6CCCN6C(=O)C(NC(=O)OC)C(C)C)CCC5)cc4)cc2[nH]1)C3. The van der Waals surface area contributed by atoms with E-state index in [4.69, 9.17) is 19.5 Å². The molecule has 4 aliphatic rings. The summed E-state index contributed by atoms with van der Waals surface area (Å²) in [4.78, 5) is 69.0. The number of ether oxygens (including phenoxy) is 2. The van der Waals surface area contributed by atoms with Gasteiger partial charge in [-0.1, -0.05) is 62.4 Å². The molecule has 3 N–H and O–H groups in total. The molecule has 1 aromatic heterocycles. The number of benzene rings is 3. The third-order valence-electron chi connectivity index (χ3n) is 11.9. The van der Waals surface area contributed by atoms with E-state index in [0.29, 0.717) is 31.6 Å². The number of amides is 4. The number of hydrogen-bond acceptors (Lipinski definition) is 8. The molecule has 13 nitrogen and oxygen atoms in total. The van der Waals surface area contributed by atoms with Crippen LogP contribution in [0.4, 0.5) is 15.3 Å². The van der Waals surface area contributed by atoms with Crippen LogP contribution in [0.15, 0.2) is 71.9 Å². The van der Waals surface area contributed by atoms with E-state index >= 15 is 0 Å². The van der Waals surface area contributed by atoms with Crippen molar-refractivity contribution >= 4 is 52.0 Å². The van der Waals surface area contributed by atoms with Gasteiger partial charge in [-0.25, -0.2) is 14.6 Å². The summed E-state index contributed by atoms with van der Waals surface area (Å²) >= 11 is 0. The lowest BCUT2D eigenvalue weighted by Gasteiger charge is -2.31. The summed E-state index contributed by atoms with van der Waals surface area (Å²) in [6.45, 7) is 4.49. The molecule has 3 aromatic carbocycles. The van der Waals surface area contributed by atoms with Crippen LogP contribution in [-0.4, -0.2) is 83.5 Å². The van der Waals surface area contributed by atoms with Crippen LogP contribution in [-0.2, 0) is 31.9 Å². The molecule has 5 heterocycles. The number of carbonyl (C=O) groups excluding carboxylic acids is 4. The second-order valence-electron chi connectivity index (χ2n) is 15.7. The van der Waals surface area contributed by atoms with E-state index in [1.54, 1.807) is 0 Å². The largest absolute Gasteiger partial charge is 0.453 e. The van der Waals surface area contributed by atoms with Gasteiger partial charge in [-0.3, -0.25) is 19.5 Å². The fourth-order valence-electron chi connectivity index (χ4n) is 8.90. The monoisotopic (exact) mass is 771 g/mol. The maximum absolute atomic E-state index is 14.0. The first kappa shape index (κ1) is 37.9. The maximum atomic E-state index is 14.0. The van der Waals surface area contributed by atoms with Crippen molar-refractivity contribution in [3.63, 3.8) is 0 Å². The molecular weight excluding hydrogens is 723 g/mol. The average Bonchev–Trinajstić information content (AvgIpc) is 3.91. The molecule has 1 saturated heterocycles. The highest BCUT2D eigenvalue weighted by Gasteiger charge is 2.43. The number of nitrogens with one attached hydrogen (secondary N) is 3. The Balaban J connectivity index is 0.995. The van der Waals surface area contributed by atoms with Crippen LogP contribution in [0.1, 0.15) is 80.9 Å². The smallest absolute Gasteiger partial charge is 0.407 e. The molecule has 57 heavy (non-hydrogen) atoms. The first-order valence-electron chi connectivity index (χ1n) is 19.9. The predicted molar refractivity (Wildman–Crippen MR) is 218 cm³/mol. The van der Waals surface area contributed by atoms with Crippen molar-refractivity contribution < 1.29 is 28.7 Å². The first-order valence-corrected chi connectivity index (χ1v) is 19.9. The zero-order valence-electron chi connectivity index (χ0n) is 32.8. The summed E-state index contributed by atoms with van der Waals surface area (Å²) in [5.41, 5.74) is 10.2. The van der Waals surface area contributed by atoms with Crippen molar-refractivity contribution in [3.05, 3.63) is 89.4 Å². The summed E-state index contributed by atoms with van der Waals surface area (Å²) in [7, 11) is 2.60. The first-order chi connectivity index (χ1) is 27.6. The van der Waals surface area contributed by atoms with Crippen molar-refractivity contribution in [1.82, 2.24) is 25.5 Å². The number of para-hydroxylation sites is 1. The second kappa shape index (κ2) is 15.9. The number of H-pyrrole nitrogens is 1. The number of imidazole rings is 1. The van der Waals surface area contributed by atoms with Gasteiger partial charge in [-0.05, 0) is 96.4 Å². The molecule has 4 aliphatic heterocycles. The van der Waals surface area contributed by atoms with Gasteiger partial charge in [0, 0.05) is 24.9 Å². The van der Waals surface area contributed by atoms with Crippen molar-refractivity contribution in [3.8, 4) is 11.1 Å². The fraction of sp³-hybridized carbons (Fsp3) is 0.409. The predicted octanol–water partition coefficient (Wildman–Crippen LogP) is 6.87. The molecule has 0 saturated carbocycles.